The average Bonchev–Trinajstić information content (AvgIpc) is 2.26. The molecule has 5 heteroatoms. The largest absolute Gasteiger partial charge is 0.465 e. The summed E-state index contributed by atoms with van der Waals surface area (Å²) in [5.41, 5.74) is 6.43. The lowest BCUT2D eigenvalue weighted by Gasteiger charge is -2.08. The van der Waals surface area contributed by atoms with E-state index in [0.29, 0.717) is 17.0 Å². The van der Waals surface area contributed by atoms with E-state index in [1.54, 1.807) is 12.1 Å². The van der Waals surface area contributed by atoms with Gasteiger partial charge >= 0.3 is 5.97 Å². The van der Waals surface area contributed by atoms with E-state index in [2.05, 4.69) is 4.74 Å². The van der Waals surface area contributed by atoms with E-state index < -0.39 is 5.97 Å². The minimum Gasteiger partial charge on any atom is -0.465 e. The average molecular weight is 211 g/mol. The topological polar surface area (TPSA) is 70.8 Å². The van der Waals surface area contributed by atoms with Crippen molar-refractivity contribution < 1.29 is 19.0 Å². The van der Waals surface area contributed by atoms with Crippen LogP contribution in [0.1, 0.15) is 10.4 Å². The highest BCUT2D eigenvalue weighted by atomic mass is 16.7. The molecule has 5 nitrogen and oxygen atoms in total. The van der Waals surface area contributed by atoms with Crippen molar-refractivity contribution >= 4 is 11.7 Å². The Kier molecular flexibility index (Phi) is 3.93. The number of hydrogen-bond acceptors (Lipinski definition) is 5. The normalized spacial score (nSPS) is 9.73. The molecule has 0 aliphatic carbocycles. The number of nitrogen functional groups attached to an aromatic ring is 1. The Morgan fingerprint density at radius 1 is 1.40 bits per heavy atom. The fraction of sp³-hybridized carbons (Fsp3) is 0.300. The summed E-state index contributed by atoms with van der Waals surface area (Å²) in [4.78, 5) is 11.1. The maximum absolute atomic E-state index is 11.1. The number of anilines is 1. The van der Waals surface area contributed by atoms with Crippen molar-refractivity contribution in [1.82, 2.24) is 0 Å². The van der Waals surface area contributed by atoms with Gasteiger partial charge in [0, 0.05) is 7.11 Å². The molecule has 1 rings (SSSR count). The summed E-state index contributed by atoms with van der Waals surface area (Å²) in [5.74, 6) is 0.0458. The van der Waals surface area contributed by atoms with Crippen LogP contribution in [0, 0.1) is 0 Å². The molecule has 0 spiro atoms. The van der Waals surface area contributed by atoms with Crippen LogP contribution >= 0.6 is 0 Å². The molecule has 0 atom stereocenters. The summed E-state index contributed by atoms with van der Waals surface area (Å²) in [5, 5.41) is 0. The third-order valence-electron chi connectivity index (χ3n) is 1.76. The molecule has 82 valence electrons. The van der Waals surface area contributed by atoms with Crippen molar-refractivity contribution in [2.24, 2.45) is 0 Å². The van der Waals surface area contributed by atoms with Gasteiger partial charge in [-0.15, -0.1) is 0 Å². The maximum atomic E-state index is 11.1. The first-order valence-corrected chi connectivity index (χ1v) is 4.28. The Morgan fingerprint density at radius 2 is 2.13 bits per heavy atom. The molecule has 2 N–H and O–H groups in total. The quantitative estimate of drug-likeness (QED) is 0.457. The van der Waals surface area contributed by atoms with Crippen LogP contribution in [0.4, 0.5) is 5.69 Å². The predicted molar refractivity (Wildman–Crippen MR) is 54.7 cm³/mol. The van der Waals surface area contributed by atoms with Gasteiger partial charge in [0.05, 0.1) is 18.4 Å². The van der Waals surface area contributed by atoms with Crippen LogP contribution in [0.2, 0.25) is 0 Å². The lowest BCUT2D eigenvalue weighted by Crippen LogP contribution is -2.05. The van der Waals surface area contributed by atoms with Crippen LogP contribution in [0.25, 0.3) is 0 Å². The van der Waals surface area contributed by atoms with Crippen LogP contribution in [-0.4, -0.2) is 27.0 Å². The third kappa shape index (κ3) is 2.85. The van der Waals surface area contributed by atoms with E-state index in [-0.39, 0.29) is 6.79 Å². The van der Waals surface area contributed by atoms with Crippen molar-refractivity contribution in [3.63, 3.8) is 0 Å². The van der Waals surface area contributed by atoms with Gasteiger partial charge in [-0.3, -0.25) is 0 Å². The molecule has 0 saturated heterocycles. The first-order chi connectivity index (χ1) is 7.19. The minimum absolute atomic E-state index is 0.113. The van der Waals surface area contributed by atoms with Gasteiger partial charge in [-0.05, 0) is 18.2 Å². The highest BCUT2D eigenvalue weighted by molar-refractivity contribution is 5.90. The molecular weight excluding hydrogens is 198 g/mol. The molecule has 0 saturated carbocycles. The molecule has 0 radical (unpaired) electrons. The Hall–Kier alpha value is -1.75. The zero-order chi connectivity index (χ0) is 11.3. The number of benzene rings is 1. The molecule has 15 heavy (non-hydrogen) atoms. The van der Waals surface area contributed by atoms with Crippen molar-refractivity contribution in [2.75, 3.05) is 26.7 Å². The molecule has 0 fully saturated rings. The Bertz CT molecular complexity index is 351. The van der Waals surface area contributed by atoms with Crippen molar-refractivity contribution in [3.8, 4) is 5.75 Å². The number of nitrogens with two attached hydrogens (primary N) is 1. The standard InChI is InChI=1S/C10H13NO4/c1-13-6-15-9-4-3-7(5-8(9)11)10(12)14-2/h3-5H,6,11H2,1-2H3. The first-order valence-electron chi connectivity index (χ1n) is 4.28. The van der Waals surface area contributed by atoms with E-state index in [1.165, 1.54) is 20.3 Å². The van der Waals surface area contributed by atoms with Gasteiger partial charge in [-0.1, -0.05) is 0 Å². The third-order valence-corrected chi connectivity index (χ3v) is 1.76. The van der Waals surface area contributed by atoms with Gasteiger partial charge in [0.1, 0.15) is 5.75 Å². The molecule has 0 amide bonds. The molecular formula is C10H13NO4. The molecule has 0 unspecified atom stereocenters. The van der Waals surface area contributed by atoms with Crippen molar-refractivity contribution in [1.29, 1.82) is 0 Å². The van der Waals surface area contributed by atoms with Gasteiger partial charge in [0.25, 0.3) is 0 Å². The number of carbonyl (C=O) groups excluding carboxylic acids is 1. The fourth-order valence-corrected chi connectivity index (χ4v) is 1.05. The SMILES string of the molecule is COCOc1ccc(C(=O)OC)cc1N. The van der Waals surface area contributed by atoms with Gasteiger partial charge < -0.3 is 19.9 Å². The van der Waals surface area contributed by atoms with Crippen LogP contribution in [0.3, 0.4) is 0 Å². The predicted octanol–water partition coefficient (Wildman–Crippen LogP) is 1.04. The van der Waals surface area contributed by atoms with Crippen LogP contribution < -0.4 is 10.5 Å². The highest BCUT2D eigenvalue weighted by Gasteiger charge is 2.08. The fourth-order valence-electron chi connectivity index (χ4n) is 1.05. The number of methoxy groups -OCH3 is 2. The molecule has 0 heterocycles. The molecule has 0 bridgehead atoms. The first kappa shape index (κ1) is 11.3. The van der Waals surface area contributed by atoms with Crippen LogP contribution in [-0.2, 0) is 9.47 Å². The van der Waals surface area contributed by atoms with Crippen LogP contribution in [0.5, 0.6) is 5.75 Å². The highest BCUT2D eigenvalue weighted by Crippen LogP contribution is 2.22. The summed E-state index contributed by atoms with van der Waals surface area (Å²) in [6, 6.07) is 4.67. The zero-order valence-electron chi connectivity index (χ0n) is 8.65. The van der Waals surface area contributed by atoms with Crippen molar-refractivity contribution in [2.45, 2.75) is 0 Å². The van der Waals surface area contributed by atoms with Crippen molar-refractivity contribution in [3.05, 3.63) is 23.8 Å². The zero-order valence-corrected chi connectivity index (χ0v) is 8.65. The summed E-state index contributed by atoms with van der Waals surface area (Å²) in [6.07, 6.45) is 0. The summed E-state index contributed by atoms with van der Waals surface area (Å²) < 4.78 is 14.4. The number of esters is 1. The smallest absolute Gasteiger partial charge is 0.337 e. The van der Waals surface area contributed by atoms with E-state index in [1.807, 2.05) is 0 Å². The van der Waals surface area contributed by atoms with Gasteiger partial charge in [-0.25, -0.2) is 4.79 Å². The number of hydrogen-bond donors (Lipinski definition) is 1. The molecule has 0 aliphatic rings. The summed E-state index contributed by atoms with van der Waals surface area (Å²) in [7, 11) is 2.83. The number of carbonyl (C=O) groups is 1. The Labute approximate surface area is 87.7 Å². The minimum atomic E-state index is -0.431. The maximum Gasteiger partial charge on any atom is 0.337 e. The van der Waals surface area contributed by atoms with E-state index in [9.17, 15) is 4.79 Å². The molecule has 1 aromatic rings. The van der Waals surface area contributed by atoms with Gasteiger partial charge in [0.2, 0.25) is 0 Å². The summed E-state index contributed by atoms with van der Waals surface area (Å²) >= 11 is 0. The Morgan fingerprint density at radius 3 is 2.67 bits per heavy atom. The number of rotatable bonds is 4. The summed E-state index contributed by atoms with van der Waals surface area (Å²) in [6.45, 7) is 0.113. The second-order valence-electron chi connectivity index (χ2n) is 2.80. The second-order valence-corrected chi connectivity index (χ2v) is 2.80. The lowest BCUT2D eigenvalue weighted by molar-refractivity contribution is 0.0516. The Balaban J connectivity index is 2.83. The molecule has 0 aromatic heterocycles. The lowest BCUT2D eigenvalue weighted by atomic mass is 10.2. The monoisotopic (exact) mass is 211 g/mol. The van der Waals surface area contributed by atoms with E-state index in [4.69, 9.17) is 15.2 Å². The van der Waals surface area contributed by atoms with E-state index in [0.717, 1.165) is 0 Å². The van der Waals surface area contributed by atoms with Gasteiger partial charge in [-0.2, -0.15) is 0 Å². The van der Waals surface area contributed by atoms with Crippen LogP contribution in [0.15, 0.2) is 18.2 Å². The second kappa shape index (κ2) is 5.21. The molecule has 0 aliphatic heterocycles. The van der Waals surface area contributed by atoms with Gasteiger partial charge in [0.15, 0.2) is 6.79 Å². The molecule has 1 aromatic carbocycles. The van der Waals surface area contributed by atoms with E-state index >= 15 is 0 Å². The number of ether oxygens (including phenoxy) is 3.